The van der Waals surface area contributed by atoms with Crippen molar-refractivity contribution in [1.29, 1.82) is 0 Å². The SMILES string of the molecule is CC(C)NC(=O)CN(C)CC(=O)N1CCN(c2ccccn2)CC1. The summed E-state index contributed by atoms with van der Waals surface area (Å²) in [5.41, 5.74) is 0. The summed E-state index contributed by atoms with van der Waals surface area (Å²) < 4.78 is 0. The third-order valence-electron chi connectivity index (χ3n) is 3.87. The van der Waals surface area contributed by atoms with Gasteiger partial charge in [-0.2, -0.15) is 0 Å². The first-order valence-corrected chi connectivity index (χ1v) is 8.37. The second kappa shape index (κ2) is 8.63. The van der Waals surface area contributed by atoms with Gasteiger partial charge in [-0.15, -0.1) is 0 Å². The Hall–Kier alpha value is -2.15. The quantitative estimate of drug-likeness (QED) is 0.805. The smallest absolute Gasteiger partial charge is 0.236 e. The van der Waals surface area contributed by atoms with Gasteiger partial charge in [-0.05, 0) is 33.0 Å². The second-order valence-electron chi connectivity index (χ2n) is 6.45. The predicted molar refractivity (Wildman–Crippen MR) is 93.8 cm³/mol. The fourth-order valence-electron chi connectivity index (χ4n) is 2.73. The van der Waals surface area contributed by atoms with Crippen molar-refractivity contribution in [3.05, 3.63) is 24.4 Å². The van der Waals surface area contributed by atoms with Crippen LogP contribution in [0, 0.1) is 0 Å². The van der Waals surface area contributed by atoms with Crippen LogP contribution in [0.5, 0.6) is 0 Å². The molecule has 1 aliphatic heterocycles. The summed E-state index contributed by atoms with van der Waals surface area (Å²) in [6.07, 6.45) is 1.78. The Morgan fingerprint density at radius 2 is 1.92 bits per heavy atom. The van der Waals surface area contributed by atoms with Gasteiger partial charge in [0.25, 0.3) is 0 Å². The molecule has 1 aromatic rings. The molecule has 7 nitrogen and oxygen atoms in total. The zero-order chi connectivity index (χ0) is 17.5. The van der Waals surface area contributed by atoms with Crippen molar-refractivity contribution in [1.82, 2.24) is 20.1 Å². The summed E-state index contributed by atoms with van der Waals surface area (Å²) in [5, 5.41) is 2.83. The van der Waals surface area contributed by atoms with Gasteiger partial charge in [0.2, 0.25) is 11.8 Å². The van der Waals surface area contributed by atoms with E-state index >= 15 is 0 Å². The molecular formula is C17H27N5O2. The normalized spacial score (nSPS) is 15.0. The molecule has 0 spiro atoms. The number of hydrogen-bond donors (Lipinski definition) is 1. The van der Waals surface area contributed by atoms with Gasteiger partial charge in [0.1, 0.15) is 5.82 Å². The molecule has 1 N–H and O–H groups in total. The largest absolute Gasteiger partial charge is 0.353 e. The van der Waals surface area contributed by atoms with E-state index in [2.05, 4.69) is 15.2 Å². The molecule has 0 aromatic carbocycles. The standard InChI is InChI=1S/C17H27N5O2/c1-14(2)19-16(23)12-20(3)13-17(24)22-10-8-21(9-11-22)15-6-4-5-7-18-15/h4-7,14H,8-13H2,1-3H3,(H,19,23). The van der Waals surface area contributed by atoms with E-state index in [1.165, 1.54) is 0 Å². The molecule has 2 heterocycles. The lowest BCUT2D eigenvalue weighted by molar-refractivity contribution is -0.133. The van der Waals surface area contributed by atoms with Crippen molar-refractivity contribution in [3.63, 3.8) is 0 Å². The summed E-state index contributed by atoms with van der Waals surface area (Å²) in [4.78, 5) is 34.2. The van der Waals surface area contributed by atoms with Crippen LogP contribution < -0.4 is 10.2 Å². The van der Waals surface area contributed by atoms with Crippen molar-refractivity contribution in [2.45, 2.75) is 19.9 Å². The van der Waals surface area contributed by atoms with E-state index in [1.54, 1.807) is 18.1 Å². The molecule has 1 aliphatic rings. The highest BCUT2D eigenvalue weighted by Gasteiger charge is 2.23. The Kier molecular flexibility index (Phi) is 6.54. The number of hydrogen-bond acceptors (Lipinski definition) is 5. The Labute approximate surface area is 143 Å². The number of nitrogens with zero attached hydrogens (tertiary/aromatic N) is 4. The monoisotopic (exact) mass is 333 g/mol. The molecule has 0 saturated carbocycles. The highest BCUT2D eigenvalue weighted by molar-refractivity contribution is 5.81. The number of pyridine rings is 1. The van der Waals surface area contributed by atoms with Crippen molar-refractivity contribution in [3.8, 4) is 0 Å². The van der Waals surface area contributed by atoms with Gasteiger partial charge in [-0.25, -0.2) is 4.98 Å². The number of amides is 2. The van der Waals surface area contributed by atoms with Crippen LogP contribution in [0.1, 0.15) is 13.8 Å². The summed E-state index contributed by atoms with van der Waals surface area (Å²) >= 11 is 0. The fourth-order valence-corrected chi connectivity index (χ4v) is 2.73. The molecule has 1 aromatic heterocycles. The molecule has 7 heteroatoms. The lowest BCUT2D eigenvalue weighted by Gasteiger charge is -2.36. The number of nitrogens with one attached hydrogen (secondary N) is 1. The van der Waals surface area contributed by atoms with E-state index in [9.17, 15) is 9.59 Å². The zero-order valence-corrected chi connectivity index (χ0v) is 14.7. The third kappa shape index (κ3) is 5.49. The summed E-state index contributed by atoms with van der Waals surface area (Å²) in [7, 11) is 1.79. The lowest BCUT2D eigenvalue weighted by Crippen LogP contribution is -2.51. The van der Waals surface area contributed by atoms with E-state index in [1.807, 2.05) is 36.9 Å². The van der Waals surface area contributed by atoms with Crippen LogP contribution in [-0.2, 0) is 9.59 Å². The fraction of sp³-hybridized carbons (Fsp3) is 0.588. The van der Waals surface area contributed by atoms with E-state index < -0.39 is 0 Å². The van der Waals surface area contributed by atoms with Crippen molar-refractivity contribution < 1.29 is 9.59 Å². The first-order valence-electron chi connectivity index (χ1n) is 8.37. The molecule has 1 fully saturated rings. The van der Waals surface area contributed by atoms with Crippen LogP contribution in [0.3, 0.4) is 0 Å². The van der Waals surface area contributed by atoms with E-state index in [0.717, 1.165) is 18.9 Å². The number of anilines is 1. The van der Waals surface area contributed by atoms with Crippen LogP contribution in [0.15, 0.2) is 24.4 Å². The number of carbonyl (C=O) groups excluding carboxylic acids is 2. The maximum atomic E-state index is 12.4. The lowest BCUT2D eigenvalue weighted by atomic mass is 10.3. The Bertz CT molecular complexity index is 541. The van der Waals surface area contributed by atoms with Gasteiger partial charge in [-0.3, -0.25) is 14.5 Å². The van der Waals surface area contributed by atoms with Crippen LogP contribution in [-0.4, -0.2) is 79.0 Å². The molecule has 1 saturated heterocycles. The Balaban J connectivity index is 1.75. The molecule has 2 amide bonds. The highest BCUT2D eigenvalue weighted by atomic mass is 16.2. The zero-order valence-electron chi connectivity index (χ0n) is 14.7. The number of carbonyl (C=O) groups is 2. The predicted octanol–water partition coefficient (Wildman–Crippen LogP) is 0.187. The molecule has 0 unspecified atom stereocenters. The molecule has 0 radical (unpaired) electrons. The van der Waals surface area contributed by atoms with Gasteiger partial charge in [0, 0.05) is 38.4 Å². The molecule has 24 heavy (non-hydrogen) atoms. The molecule has 2 rings (SSSR count). The molecule has 0 aliphatic carbocycles. The van der Waals surface area contributed by atoms with E-state index in [0.29, 0.717) is 13.1 Å². The Morgan fingerprint density at radius 1 is 1.21 bits per heavy atom. The van der Waals surface area contributed by atoms with E-state index in [4.69, 9.17) is 0 Å². The van der Waals surface area contributed by atoms with Crippen molar-refractivity contribution in [2.75, 3.05) is 51.2 Å². The first-order chi connectivity index (χ1) is 11.5. The van der Waals surface area contributed by atoms with Gasteiger partial charge < -0.3 is 15.1 Å². The average Bonchev–Trinajstić information content (AvgIpc) is 2.54. The van der Waals surface area contributed by atoms with Gasteiger partial charge in [0.05, 0.1) is 13.1 Å². The van der Waals surface area contributed by atoms with Crippen LogP contribution in [0.4, 0.5) is 5.82 Å². The number of piperazine rings is 1. The molecule has 0 bridgehead atoms. The summed E-state index contributed by atoms with van der Waals surface area (Å²) in [6, 6.07) is 5.96. The van der Waals surface area contributed by atoms with Crippen LogP contribution in [0.25, 0.3) is 0 Å². The van der Waals surface area contributed by atoms with Gasteiger partial charge in [-0.1, -0.05) is 6.07 Å². The van der Waals surface area contributed by atoms with Crippen LogP contribution in [0.2, 0.25) is 0 Å². The maximum absolute atomic E-state index is 12.4. The highest BCUT2D eigenvalue weighted by Crippen LogP contribution is 2.12. The van der Waals surface area contributed by atoms with Crippen molar-refractivity contribution in [2.24, 2.45) is 0 Å². The average molecular weight is 333 g/mol. The molecule has 132 valence electrons. The second-order valence-corrected chi connectivity index (χ2v) is 6.45. The number of likely N-dealkylation sites (N-methyl/N-ethyl adjacent to an activating group) is 1. The van der Waals surface area contributed by atoms with Gasteiger partial charge >= 0.3 is 0 Å². The molecule has 0 atom stereocenters. The summed E-state index contributed by atoms with van der Waals surface area (Å²) in [5.74, 6) is 0.961. The van der Waals surface area contributed by atoms with Gasteiger partial charge in [0.15, 0.2) is 0 Å². The maximum Gasteiger partial charge on any atom is 0.236 e. The number of rotatable bonds is 6. The minimum atomic E-state index is -0.0553. The third-order valence-corrected chi connectivity index (χ3v) is 3.87. The number of aromatic nitrogens is 1. The first kappa shape index (κ1) is 18.2. The minimum Gasteiger partial charge on any atom is -0.353 e. The van der Waals surface area contributed by atoms with Crippen molar-refractivity contribution >= 4 is 17.6 Å². The topological polar surface area (TPSA) is 68.8 Å². The minimum absolute atomic E-state index is 0.0553. The Morgan fingerprint density at radius 3 is 2.50 bits per heavy atom. The van der Waals surface area contributed by atoms with E-state index in [-0.39, 0.29) is 30.9 Å². The summed E-state index contributed by atoms with van der Waals surface area (Å²) in [6.45, 7) is 7.25. The molecular weight excluding hydrogens is 306 g/mol. The van der Waals surface area contributed by atoms with Crippen LogP contribution >= 0.6 is 0 Å².